The highest BCUT2D eigenvalue weighted by molar-refractivity contribution is 5.82. The van der Waals surface area contributed by atoms with Crippen LogP contribution in [-0.2, 0) is 4.79 Å². The lowest BCUT2D eigenvalue weighted by Crippen LogP contribution is -2.41. The van der Waals surface area contributed by atoms with Crippen molar-refractivity contribution in [3.63, 3.8) is 0 Å². The Labute approximate surface area is 159 Å². The van der Waals surface area contributed by atoms with E-state index >= 15 is 0 Å². The summed E-state index contributed by atoms with van der Waals surface area (Å²) in [5.74, 6) is -1.62. The van der Waals surface area contributed by atoms with Gasteiger partial charge in [0.25, 0.3) is 6.01 Å². The fraction of sp³-hybridized carbons (Fsp3) is 0.368. The molecule has 1 amide bonds. The van der Waals surface area contributed by atoms with Gasteiger partial charge in [-0.3, -0.25) is 4.79 Å². The fourth-order valence-electron chi connectivity index (χ4n) is 3.64. The smallest absolute Gasteiger partial charge is 0.298 e. The molecule has 2 aliphatic rings. The molecular weight excluding hydrogens is 368 g/mol. The predicted molar refractivity (Wildman–Crippen MR) is 95.2 cm³/mol. The van der Waals surface area contributed by atoms with Crippen LogP contribution in [0.5, 0.6) is 0 Å². The molecule has 1 fully saturated rings. The molecule has 0 spiro atoms. The summed E-state index contributed by atoms with van der Waals surface area (Å²) in [5, 5.41) is 14.3. The highest BCUT2D eigenvalue weighted by atomic mass is 19.1. The first-order chi connectivity index (χ1) is 13.5. The van der Waals surface area contributed by atoms with Crippen molar-refractivity contribution in [1.29, 1.82) is 5.26 Å². The highest BCUT2D eigenvalue weighted by Gasteiger charge is 2.35. The van der Waals surface area contributed by atoms with Gasteiger partial charge in [0.2, 0.25) is 11.7 Å². The van der Waals surface area contributed by atoms with Gasteiger partial charge in [-0.25, -0.2) is 18.8 Å². The third kappa shape index (κ3) is 3.45. The van der Waals surface area contributed by atoms with Crippen molar-refractivity contribution < 1.29 is 18.0 Å². The number of amides is 1. The Morgan fingerprint density at radius 2 is 1.93 bits per heavy atom. The number of nitrogens with zero attached hydrogens (tertiary/aromatic N) is 5. The van der Waals surface area contributed by atoms with Crippen LogP contribution >= 0.6 is 0 Å². The zero-order valence-electron chi connectivity index (χ0n) is 14.9. The first kappa shape index (κ1) is 18.1. The minimum atomic E-state index is -0.676. The molecule has 0 bridgehead atoms. The largest absolute Gasteiger partial charge is 0.413 e. The molecule has 28 heavy (non-hydrogen) atoms. The summed E-state index contributed by atoms with van der Waals surface area (Å²) in [4.78, 5) is 18.9. The van der Waals surface area contributed by atoms with Gasteiger partial charge in [-0.05, 0) is 30.5 Å². The number of carbonyl (C=O) groups is 1. The predicted octanol–water partition coefficient (Wildman–Crippen LogP) is 3.00. The van der Waals surface area contributed by atoms with Crippen LogP contribution < -0.4 is 4.90 Å². The van der Waals surface area contributed by atoms with Gasteiger partial charge in [0, 0.05) is 37.7 Å². The van der Waals surface area contributed by atoms with Gasteiger partial charge in [0.05, 0.1) is 12.2 Å². The number of anilines is 1. The van der Waals surface area contributed by atoms with E-state index in [1.54, 1.807) is 6.21 Å². The summed E-state index contributed by atoms with van der Waals surface area (Å²) in [6.45, 7) is 1.11. The molecule has 0 N–H and O–H groups in total. The molecule has 0 unspecified atom stereocenters. The Kier molecular flexibility index (Phi) is 4.77. The normalized spacial score (nSPS) is 19.8. The number of halogens is 2. The van der Waals surface area contributed by atoms with E-state index < -0.39 is 17.7 Å². The maximum absolute atomic E-state index is 13.6. The number of oxazole rings is 1. The summed E-state index contributed by atoms with van der Waals surface area (Å²) in [5.41, 5.74) is 0.393. The first-order valence-corrected chi connectivity index (χ1v) is 8.97. The number of hydrogen-bond acceptors (Lipinski definition) is 6. The lowest BCUT2D eigenvalue weighted by molar-refractivity contribution is -0.138. The Hall–Kier alpha value is -3.28. The third-order valence-electron chi connectivity index (χ3n) is 5.04. The molecule has 7 nitrogen and oxygen atoms in total. The molecule has 1 aromatic heterocycles. The Bertz CT molecular complexity index is 939. The third-order valence-corrected chi connectivity index (χ3v) is 5.04. The quantitative estimate of drug-likeness (QED) is 0.811. The number of hydrogen-bond donors (Lipinski definition) is 0. The van der Waals surface area contributed by atoms with Gasteiger partial charge in [0.15, 0.2) is 0 Å². The second-order valence-electron chi connectivity index (χ2n) is 6.82. The lowest BCUT2D eigenvalue weighted by atomic mass is 9.94. The summed E-state index contributed by atoms with van der Waals surface area (Å²) in [6, 6.07) is 5.04. The van der Waals surface area contributed by atoms with E-state index in [1.165, 1.54) is 23.3 Å². The molecule has 144 valence electrons. The van der Waals surface area contributed by atoms with Crippen LogP contribution in [0.15, 0.2) is 33.9 Å². The average molecular weight is 385 g/mol. The van der Waals surface area contributed by atoms with Gasteiger partial charge in [-0.15, -0.1) is 0 Å². The first-order valence-electron chi connectivity index (χ1n) is 8.97. The molecule has 1 atom stereocenters. The molecule has 2 aliphatic heterocycles. The molecule has 9 heteroatoms. The average Bonchev–Trinajstić information content (AvgIpc) is 3.36. The van der Waals surface area contributed by atoms with Crippen molar-refractivity contribution in [3.05, 3.63) is 47.4 Å². The fourth-order valence-corrected chi connectivity index (χ4v) is 3.64. The molecule has 2 aromatic rings. The van der Waals surface area contributed by atoms with Crippen molar-refractivity contribution in [2.75, 3.05) is 18.0 Å². The van der Waals surface area contributed by atoms with Gasteiger partial charge in [-0.1, -0.05) is 0 Å². The lowest BCUT2D eigenvalue weighted by Gasteiger charge is -2.33. The van der Waals surface area contributed by atoms with Crippen molar-refractivity contribution >= 4 is 18.1 Å². The second-order valence-corrected chi connectivity index (χ2v) is 6.82. The van der Waals surface area contributed by atoms with Crippen LogP contribution in [0.2, 0.25) is 0 Å². The highest BCUT2D eigenvalue weighted by Crippen LogP contribution is 2.33. The standard InChI is InChI=1S/C19H17F2N5O2/c20-14-7-13(8-15(21)9-14)17-1-4-24-26(17)18(27)12-2-5-25(6-3-12)19-23-11-16(10-22)28-19/h4,7-9,11-12,17H,1-3,5-6H2/t17-/m0/s1. The Morgan fingerprint density at radius 1 is 1.21 bits per heavy atom. The van der Waals surface area contributed by atoms with Crippen molar-refractivity contribution in [2.45, 2.75) is 25.3 Å². The van der Waals surface area contributed by atoms with Crippen LogP contribution in [-0.4, -0.2) is 35.2 Å². The van der Waals surface area contributed by atoms with E-state index in [1.807, 2.05) is 11.0 Å². The van der Waals surface area contributed by atoms with E-state index in [0.29, 0.717) is 43.9 Å². The van der Waals surface area contributed by atoms with E-state index in [4.69, 9.17) is 9.68 Å². The second kappa shape index (κ2) is 7.38. The van der Waals surface area contributed by atoms with Crippen molar-refractivity contribution in [1.82, 2.24) is 9.99 Å². The Morgan fingerprint density at radius 3 is 2.57 bits per heavy atom. The Balaban J connectivity index is 1.43. The van der Waals surface area contributed by atoms with E-state index in [2.05, 4.69) is 10.1 Å². The maximum atomic E-state index is 13.6. The van der Waals surface area contributed by atoms with Crippen LogP contribution in [0.1, 0.15) is 36.6 Å². The molecule has 3 heterocycles. The van der Waals surface area contributed by atoms with Crippen LogP contribution in [0, 0.1) is 28.9 Å². The monoisotopic (exact) mass is 385 g/mol. The van der Waals surface area contributed by atoms with E-state index in [9.17, 15) is 13.6 Å². The van der Waals surface area contributed by atoms with Gasteiger partial charge >= 0.3 is 0 Å². The van der Waals surface area contributed by atoms with Crippen molar-refractivity contribution in [3.8, 4) is 6.07 Å². The van der Waals surface area contributed by atoms with Crippen LogP contribution in [0.25, 0.3) is 0 Å². The van der Waals surface area contributed by atoms with Crippen LogP contribution in [0.3, 0.4) is 0 Å². The molecule has 0 radical (unpaired) electrons. The number of nitriles is 1. The zero-order valence-corrected chi connectivity index (χ0v) is 14.9. The minimum absolute atomic E-state index is 0.143. The van der Waals surface area contributed by atoms with Crippen molar-refractivity contribution in [2.24, 2.45) is 11.0 Å². The van der Waals surface area contributed by atoms with E-state index in [0.717, 1.165) is 6.07 Å². The summed E-state index contributed by atoms with van der Waals surface area (Å²) < 4.78 is 32.5. The number of rotatable bonds is 3. The van der Waals surface area contributed by atoms with E-state index in [-0.39, 0.29) is 17.6 Å². The summed E-state index contributed by atoms with van der Waals surface area (Å²) >= 11 is 0. The number of piperidine rings is 1. The minimum Gasteiger partial charge on any atom is -0.413 e. The SMILES string of the molecule is N#Cc1cnc(N2CCC(C(=O)N3N=CC[C@H]3c3cc(F)cc(F)c3)CC2)o1. The van der Waals surface area contributed by atoms with Crippen LogP contribution in [0.4, 0.5) is 14.8 Å². The number of aromatic nitrogens is 1. The summed E-state index contributed by atoms with van der Waals surface area (Å²) in [7, 11) is 0. The topological polar surface area (TPSA) is 85.7 Å². The molecule has 0 saturated carbocycles. The molecule has 1 aromatic carbocycles. The van der Waals surface area contributed by atoms with Gasteiger partial charge in [-0.2, -0.15) is 10.4 Å². The number of hydrazone groups is 1. The zero-order chi connectivity index (χ0) is 19.7. The maximum Gasteiger partial charge on any atom is 0.298 e. The van der Waals surface area contributed by atoms with Gasteiger partial charge in [0.1, 0.15) is 17.7 Å². The molecule has 0 aliphatic carbocycles. The van der Waals surface area contributed by atoms with Gasteiger partial charge < -0.3 is 9.32 Å². The number of carbonyl (C=O) groups excluding carboxylic acids is 1. The molecule has 1 saturated heterocycles. The summed E-state index contributed by atoms with van der Waals surface area (Å²) in [6.07, 6.45) is 4.52. The number of benzene rings is 1. The molecule has 4 rings (SSSR count). The molecular formula is C19H17F2N5O2.